The number of rotatable bonds is 1. The van der Waals surface area contributed by atoms with Gasteiger partial charge < -0.3 is 5.73 Å². The van der Waals surface area contributed by atoms with Crippen LogP contribution in [0.2, 0.25) is 0 Å². The largest absolute Gasteiger partial charge is 0.390 e. The average Bonchev–Trinajstić information content (AvgIpc) is 2.51. The fourth-order valence-electron chi connectivity index (χ4n) is 1.37. The first kappa shape index (κ1) is 8.32. The lowest BCUT2D eigenvalue weighted by Gasteiger charge is -2.00. The van der Waals surface area contributed by atoms with Crippen molar-refractivity contribution < 1.29 is 0 Å². The summed E-state index contributed by atoms with van der Waals surface area (Å²) in [5.41, 5.74) is 9.46. The zero-order chi connectivity index (χ0) is 9.26. The van der Waals surface area contributed by atoms with E-state index in [9.17, 15) is 0 Å². The lowest BCUT2D eigenvalue weighted by molar-refractivity contribution is 1.47. The second kappa shape index (κ2) is 3.23. The van der Waals surface area contributed by atoms with Gasteiger partial charge >= 0.3 is 0 Å². The molecule has 0 radical (unpaired) electrons. The summed E-state index contributed by atoms with van der Waals surface area (Å²) in [6, 6.07) is 10.5. The number of aryl methyl sites for hydroxylation is 1. The van der Waals surface area contributed by atoms with Crippen LogP contribution in [-0.4, -0.2) is 0 Å². The van der Waals surface area contributed by atoms with E-state index in [-0.39, 0.29) is 0 Å². The number of thiophene rings is 1. The normalized spacial score (nSPS) is 10.2. The number of benzene rings is 1. The molecule has 2 heteroatoms. The van der Waals surface area contributed by atoms with Gasteiger partial charge in [-0.15, -0.1) is 11.3 Å². The molecule has 0 fully saturated rings. The smallest absolute Gasteiger partial charge is 0.0936 e. The third-order valence-corrected chi connectivity index (χ3v) is 2.77. The molecule has 2 N–H and O–H groups in total. The summed E-state index contributed by atoms with van der Waals surface area (Å²) < 4.78 is 0. The Labute approximate surface area is 81.8 Å². The van der Waals surface area contributed by atoms with Crippen molar-refractivity contribution in [1.29, 1.82) is 0 Å². The zero-order valence-electron chi connectivity index (χ0n) is 7.45. The standard InChI is InChI=1S/C11H11NS/c1-8-3-2-4-9(7-8)10-5-6-13-11(10)12/h2-7H,12H2,1H3. The summed E-state index contributed by atoms with van der Waals surface area (Å²) in [7, 11) is 0. The van der Waals surface area contributed by atoms with Gasteiger partial charge in [-0.1, -0.05) is 29.8 Å². The van der Waals surface area contributed by atoms with Crippen LogP contribution in [0.15, 0.2) is 35.7 Å². The van der Waals surface area contributed by atoms with E-state index in [1.807, 2.05) is 5.38 Å². The van der Waals surface area contributed by atoms with E-state index < -0.39 is 0 Å². The van der Waals surface area contributed by atoms with Crippen molar-refractivity contribution >= 4 is 16.3 Å². The predicted molar refractivity (Wildman–Crippen MR) is 58.9 cm³/mol. The molecule has 1 aromatic carbocycles. The molecule has 1 aromatic heterocycles. The molecule has 0 saturated heterocycles. The topological polar surface area (TPSA) is 26.0 Å². The molecular formula is C11H11NS. The first-order valence-corrected chi connectivity index (χ1v) is 5.05. The molecule has 0 bridgehead atoms. The summed E-state index contributed by atoms with van der Waals surface area (Å²) >= 11 is 1.58. The summed E-state index contributed by atoms with van der Waals surface area (Å²) in [6.07, 6.45) is 0. The van der Waals surface area contributed by atoms with Gasteiger partial charge in [0.05, 0.1) is 5.00 Å². The van der Waals surface area contributed by atoms with Gasteiger partial charge in [-0.3, -0.25) is 0 Å². The second-order valence-corrected chi connectivity index (χ2v) is 4.02. The highest BCUT2D eigenvalue weighted by molar-refractivity contribution is 7.14. The molecule has 0 aliphatic heterocycles. The molecule has 13 heavy (non-hydrogen) atoms. The van der Waals surface area contributed by atoms with Gasteiger partial charge in [0.2, 0.25) is 0 Å². The first-order chi connectivity index (χ1) is 6.27. The van der Waals surface area contributed by atoms with Crippen molar-refractivity contribution in [3.63, 3.8) is 0 Å². The highest BCUT2D eigenvalue weighted by Crippen LogP contribution is 2.30. The van der Waals surface area contributed by atoms with Crippen LogP contribution in [0, 0.1) is 6.92 Å². The first-order valence-electron chi connectivity index (χ1n) is 4.17. The van der Waals surface area contributed by atoms with Gasteiger partial charge in [0.1, 0.15) is 0 Å². The third-order valence-electron chi connectivity index (χ3n) is 2.02. The third kappa shape index (κ3) is 1.58. The number of hydrogen-bond donors (Lipinski definition) is 1. The maximum atomic E-state index is 5.84. The Kier molecular flexibility index (Phi) is 2.07. The quantitative estimate of drug-likeness (QED) is 0.731. The van der Waals surface area contributed by atoms with E-state index in [1.54, 1.807) is 11.3 Å². The van der Waals surface area contributed by atoms with Crippen molar-refractivity contribution in [2.24, 2.45) is 0 Å². The minimum atomic E-state index is 0.894. The molecule has 0 aliphatic rings. The lowest BCUT2D eigenvalue weighted by Crippen LogP contribution is -1.83. The molecule has 0 atom stereocenters. The van der Waals surface area contributed by atoms with Gasteiger partial charge in [-0.2, -0.15) is 0 Å². The SMILES string of the molecule is Cc1cccc(-c2ccsc2N)c1. The van der Waals surface area contributed by atoms with Crippen LogP contribution in [0.25, 0.3) is 11.1 Å². The van der Waals surface area contributed by atoms with Crippen molar-refractivity contribution in [3.8, 4) is 11.1 Å². The van der Waals surface area contributed by atoms with E-state index in [1.165, 1.54) is 11.1 Å². The van der Waals surface area contributed by atoms with Gasteiger partial charge in [-0.05, 0) is 23.9 Å². The molecule has 1 nitrogen and oxygen atoms in total. The Hall–Kier alpha value is -1.28. The number of hydrogen-bond acceptors (Lipinski definition) is 2. The van der Waals surface area contributed by atoms with Gasteiger partial charge in [0.15, 0.2) is 0 Å². The van der Waals surface area contributed by atoms with Crippen molar-refractivity contribution in [2.75, 3.05) is 5.73 Å². The zero-order valence-corrected chi connectivity index (χ0v) is 8.27. The van der Waals surface area contributed by atoms with Crippen LogP contribution < -0.4 is 5.73 Å². The van der Waals surface area contributed by atoms with Gasteiger partial charge in [-0.25, -0.2) is 0 Å². The molecule has 0 unspecified atom stereocenters. The second-order valence-electron chi connectivity index (χ2n) is 3.07. The van der Waals surface area contributed by atoms with Gasteiger partial charge in [0, 0.05) is 5.56 Å². The van der Waals surface area contributed by atoms with Crippen LogP contribution in [0.5, 0.6) is 0 Å². The molecule has 0 aliphatic carbocycles. The van der Waals surface area contributed by atoms with Crippen LogP contribution in [0.1, 0.15) is 5.56 Å². The van der Waals surface area contributed by atoms with E-state index in [0.717, 1.165) is 10.6 Å². The average molecular weight is 189 g/mol. The Balaban J connectivity index is 2.53. The molecular weight excluding hydrogens is 178 g/mol. The predicted octanol–water partition coefficient (Wildman–Crippen LogP) is 3.31. The molecule has 2 rings (SSSR count). The summed E-state index contributed by atoms with van der Waals surface area (Å²) in [5.74, 6) is 0. The highest BCUT2D eigenvalue weighted by atomic mass is 32.1. The van der Waals surface area contributed by atoms with E-state index in [4.69, 9.17) is 5.73 Å². The summed E-state index contributed by atoms with van der Waals surface area (Å²) in [6.45, 7) is 2.09. The lowest BCUT2D eigenvalue weighted by atomic mass is 10.1. The number of nitrogens with two attached hydrogens (primary N) is 1. The van der Waals surface area contributed by atoms with Crippen LogP contribution >= 0.6 is 11.3 Å². The Morgan fingerprint density at radius 1 is 1.23 bits per heavy atom. The fraction of sp³-hybridized carbons (Fsp3) is 0.0909. The van der Waals surface area contributed by atoms with Crippen LogP contribution in [0.4, 0.5) is 5.00 Å². The fourth-order valence-corrected chi connectivity index (χ4v) is 2.04. The van der Waals surface area contributed by atoms with E-state index in [2.05, 4.69) is 37.3 Å². The molecule has 0 spiro atoms. The molecule has 66 valence electrons. The maximum Gasteiger partial charge on any atom is 0.0936 e. The highest BCUT2D eigenvalue weighted by Gasteiger charge is 2.02. The van der Waals surface area contributed by atoms with Crippen LogP contribution in [-0.2, 0) is 0 Å². The maximum absolute atomic E-state index is 5.84. The van der Waals surface area contributed by atoms with Crippen molar-refractivity contribution in [3.05, 3.63) is 41.3 Å². The summed E-state index contributed by atoms with van der Waals surface area (Å²) in [5, 5.41) is 2.91. The Morgan fingerprint density at radius 3 is 2.69 bits per heavy atom. The minimum Gasteiger partial charge on any atom is -0.390 e. The minimum absolute atomic E-state index is 0.894. The molecule has 1 heterocycles. The molecule has 0 amide bonds. The molecule has 0 saturated carbocycles. The number of nitrogen functional groups attached to an aromatic ring is 1. The van der Waals surface area contributed by atoms with Gasteiger partial charge in [0.25, 0.3) is 0 Å². The Morgan fingerprint density at radius 2 is 2.08 bits per heavy atom. The van der Waals surface area contributed by atoms with Crippen molar-refractivity contribution in [1.82, 2.24) is 0 Å². The number of anilines is 1. The van der Waals surface area contributed by atoms with Crippen molar-refractivity contribution in [2.45, 2.75) is 6.92 Å². The van der Waals surface area contributed by atoms with E-state index >= 15 is 0 Å². The molecule has 2 aromatic rings. The Bertz CT molecular complexity index is 418. The van der Waals surface area contributed by atoms with Crippen LogP contribution in [0.3, 0.4) is 0 Å². The van der Waals surface area contributed by atoms with E-state index in [0.29, 0.717) is 0 Å². The monoisotopic (exact) mass is 189 g/mol. The summed E-state index contributed by atoms with van der Waals surface area (Å²) in [4.78, 5) is 0.